The summed E-state index contributed by atoms with van der Waals surface area (Å²) in [6.07, 6.45) is 0. The molecule has 96 valence electrons. The molecule has 0 bridgehead atoms. The van der Waals surface area contributed by atoms with E-state index in [-0.39, 0.29) is 0 Å². The number of fused-ring (bicyclic) bond motifs is 1. The monoisotopic (exact) mass is 263 g/mol. The Labute approximate surface area is 114 Å². The summed E-state index contributed by atoms with van der Waals surface area (Å²) in [4.78, 5) is 17.7. The number of rotatable bonds is 1. The van der Waals surface area contributed by atoms with E-state index in [0.29, 0.717) is 11.0 Å². The molecule has 1 heterocycles. The van der Waals surface area contributed by atoms with Crippen LogP contribution in [0.25, 0.3) is 11.0 Å². The Bertz CT molecular complexity index is 813. The zero-order chi connectivity index (χ0) is 13.8. The van der Waals surface area contributed by atoms with Crippen LogP contribution < -0.4 is 4.84 Å². The van der Waals surface area contributed by atoms with Gasteiger partial charge in [-0.15, -0.1) is 5.10 Å². The number of aromatic nitrogens is 3. The molecule has 0 aliphatic carbocycles. The highest BCUT2D eigenvalue weighted by atomic mass is 16.7. The number of carbonyl (C=O) groups excluding carboxylic acids is 1. The molecule has 1 aromatic heterocycles. The van der Waals surface area contributed by atoms with Gasteiger partial charge in [-0.25, -0.2) is 4.79 Å². The molecule has 0 saturated carbocycles. The standard InChI is InChI=1S/C15H9N3O2/c19-15(11-10-12-6-2-1-3-7-12)20-18-14-9-5-4-8-13(14)16-17-18/h1-9H. The molecule has 20 heavy (non-hydrogen) atoms. The number of hydrogen-bond donors (Lipinski definition) is 0. The van der Waals surface area contributed by atoms with Crippen LogP contribution in [0.5, 0.6) is 0 Å². The minimum atomic E-state index is -0.690. The van der Waals surface area contributed by atoms with Crippen molar-refractivity contribution in [3.8, 4) is 11.8 Å². The van der Waals surface area contributed by atoms with Crippen LogP contribution in [-0.4, -0.2) is 21.1 Å². The third-order valence-electron chi connectivity index (χ3n) is 2.57. The van der Waals surface area contributed by atoms with Crippen molar-refractivity contribution in [1.82, 2.24) is 15.2 Å². The summed E-state index contributed by atoms with van der Waals surface area (Å²) in [5.41, 5.74) is 2.01. The van der Waals surface area contributed by atoms with Gasteiger partial charge in [-0.1, -0.05) is 41.1 Å². The molecule has 0 N–H and O–H groups in total. The molecule has 2 aromatic carbocycles. The molecule has 0 unspecified atom stereocenters. The van der Waals surface area contributed by atoms with Crippen molar-refractivity contribution < 1.29 is 9.63 Å². The summed E-state index contributed by atoms with van der Waals surface area (Å²) in [6.45, 7) is 0. The van der Waals surface area contributed by atoms with Gasteiger partial charge in [-0.05, 0) is 29.5 Å². The second-order valence-electron chi connectivity index (χ2n) is 3.95. The molecule has 0 saturated heterocycles. The van der Waals surface area contributed by atoms with Crippen LogP contribution >= 0.6 is 0 Å². The molecule has 0 spiro atoms. The van der Waals surface area contributed by atoms with E-state index >= 15 is 0 Å². The molecule has 0 fully saturated rings. The maximum atomic E-state index is 11.6. The average molecular weight is 263 g/mol. The van der Waals surface area contributed by atoms with Crippen LogP contribution in [-0.2, 0) is 4.79 Å². The van der Waals surface area contributed by atoms with Crippen LogP contribution in [0.1, 0.15) is 5.56 Å². The normalized spacial score (nSPS) is 9.80. The quantitative estimate of drug-likeness (QED) is 0.492. The fourth-order valence-corrected chi connectivity index (χ4v) is 1.66. The van der Waals surface area contributed by atoms with E-state index in [9.17, 15) is 4.79 Å². The maximum Gasteiger partial charge on any atom is 0.410 e. The first kappa shape index (κ1) is 11.9. The molecule has 0 radical (unpaired) electrons. The molecule has 3 rings (SSSR count). The van der Waals surface area contributed by atoms with Gasteiger partial charge in [-0.2, -0.15) is 0 Å². The molecule has 5 heteroatoms. The highest BCUT2D eigenvalue weighted by Crippen LogP contribution is 2.07. The Morgan fingerprint density at radius 3 is 2.65 bits per heavy atom. The van der Waals surface area contributed by atoms with E-state index in [1.807, 2.05) is 42.5 Å². The van der Waals surface area contributed by atoms with Gasteiger partial charge in [0.05, 0.1) is 0 Å². The molecule has 0 aliphatic rings. The topological polar surface area (TPSA) is 57.0 Å². The third-order valence-corrected chi connectivity index (χ3v) is 2.57. The van der Waals surface area contributed by atoms with Gasteiger partial charge in [0.15, 0.2) is 0 Å². The van der Waals surface area contributed by atoms with E-state index < -0.39 is 5.97 Å². The minimum absolute atomic E-state index is 0.613. The highest BCUT2D eigenvalue weighted by Gasteiger charge is 2.07. The summed E-state index contributed by atoms with van der Waals surface area (Å²) in [5, 5.41) is 7.62. The number of hydrogen-bond acceptors (Lipinski definition) is 4. The lowest BCUT2D eigenvalue weighted by molar-refractivity contribution is -0.138. The number of benzene rings is 2. The zero-order valence-electron chi connectivity index (χ0n) is 10.4. The molecule has 0 atom stereocenters. The number of para-hydroxylation sites is 1. The van der Waals surface area contributed by atoms with Crippen LogP contribution in [0, 0.1) is 11.8 Å². The van der Waals surface area contributed by atoms with Crippen molar-refractivity contribution in [2.24, 2.45) is 0 Å². The first-order chi connectivity index (χ1) is 9.83. The van der Waals surface area contributed by atoms with Crippen molar-refractivity contribution in [1.29, 1.82) is 0 Å². The van der Waals surface area contributed by atoms with Gasteiger partial charge in [-0.3, -0.25) is 0 Å². The van der Waals surface area contributed by atoms with Crippen LogP contribution in [0.2, 0.25) is 0 Å². The smallest absolute Gasteiger partial charge is 0.304 e. The first-order valence-corrected chi connectivity index (χ1v) is 5.93. The SMILES string of the molecule is O=C(C#Cc1ccccc1)On1nnc2ccccc21. The average Bonchev–Trinajstić information content (AvgIpc) is 2.90. The zero-order valence-corrected chi connectivity index (χ0v) is 10.4. The van der Waals surface area contributed by atoms with Crippen molar-refractivity contribution in [3.05, 3.63) is 60.2 Å². The highest BCUT2D eigenvalue weighted by molar-refractivity contribution is 5.89. The fourth-order valence-electron chi connectivity index (χ4n) is 1.66. The Balaban J connectivity index is 1.78. The minimum Gasteiger partial charge on any atom is -0.304 e. The second-order valence-corrected chi connectivity index (χ2v) is 3.95. The largest absolute Gasteiger partial charge is 0.410 e. The first-order valence-electron chi connectivity index (χ1n) is 5.93. The van der Waals surface area contributed by atoms with E-state index in [1.54, 1.807) is 12.1 Å². The van der Waals surface area contributed by atoms with Gasteiger partial charge in [0.25, 0.3) is 0 Å². The van der Waals surface area contributed by atoms with E-state index in [2.05, 4.69) is 22.2 Å². The van der Waals surface area contributed by atoms with Crippen LogP contribution in [0.3, 0.4) is 0 Å². The Morgan fingerprint density at radius 1 is 1.05 bits per heavy atom. The summed E-state index contributed by atoms with van der Waals surface area (Å²) in [5.74, 6) is 4.43. The van der Waals surface area contributed by atoms with Crippen molar-refractivity contribution in [2.75, 3.05) is 0 Å². The number of nitrogens with zero attached hydrogens (tertiary/aromatic N) is 3. The van der Waals surface area contributed by atoms with Gasteiger partial charge in [0.1, 0.15) is 11.0 Å². The van der Waals surface area contributed by atoms with E-state index in [4.69, 9.17) is 4.84 Å². The predicted octanol–water partition coefficient (Wildman–Crippen LogP) is 1.44. The van der Waals surface area contributed by atoms with E-state index in [1.165, 1.54) is 0 Å². The van der Waals surface area contributed by atoms with Gasteiger partial charge in [0, 0.05) is 11.5 Å². The van der Waals surface area contributed by atoms with Gasteiger partial charge >= 0.3 is 5.97 Å². The second kappa shape index (κ2) is 5.24. The maximum absolute atomic E-state index is 11.6. The summed E-state index contributed by atoms with van der Waals surface area (Å²) >= 11 is 0. The van der Waals surface area contributed by atoms with Crippen LogP contribution in [0.15, 0.2) is 54.6 Å². The lowest BCUT2D eigenvalue weighted by Gasteiger charge is -1.97. The lowest BCUT2D eigenvalue weighted by Crippen LogP contribution is -2.19. The Kier molecular flexibility index (Phi) is 3.13. The van der Waals surface area contributed by atoms with Crippen molar-refractivity contribution in [2.45, 2.75) is 0 Å². The summed E-state index contributed by atoms with van der Waals surface area (Å²) in [7, 11) is 0. The van der Waals surface area contributed by atoms with Crippen molar-refractivity contribution >= 4 is 17.0 Å². The molecule has 0 amide bonds. The molecule has 3 aromatic rings. The lowest BCUT2D eigenvalue weighted by atomic mass is 10.2. The third kappa shape index (κ3) is 2.49. The molecular formula is C15H9N3O2. The number of carbonyl (C=O) groups is 1. The fraction of sp³-hybridized carbons (Fsp3) is 0. The molecular weight excluding hydrogens is 254 g/mol. The summed E-state index contributed by atoms with van der Waals surface area (Å²) < 4.78 is 0. The Morgan fingerprint density at radius 2 is 1.80 bits per heavy atom. The summed E-state index contributed by atoms with van der Waals surface area (Å²) in [6, 6.07) is 16.4. The Hall–Kier alpha value is -3.13. The predicted molar refractivity (Wildman–Crippen MR) is 72.4 cm³/mol. The van der Waals surface area contributed by atoms with Gasteiger partial charge in [0.2, 0.25) is 0 Å². The van der Waals surface area contributed by atoms with E-state index in [0.717, 1.165) is 10.4 Å². The molecule has 0 aliphatic heterocycles. The molecule has 5 nitrogen and oxygen atoms in total. The van der Waals surface area contributed by atoms with Crippen LogP contribution in [0.4, 0.5) is 0 Å². The van der Waals surface area contributed by atoms with Crippen molar-refractivity contribution in [3.63, 3.8) is 0 Å². The van der Waals surface area contributed by atoms with Gasteiger partial charge < -0.3 is 4.84 Å².